The number of carbonyl (C=O) groups excluding carboxylic acids is 1. The van der Waals surface area contributed by atoms with E-state index in [1.165, 1.54) is 23.7 Å². The third kappa shape index (κ3) is 2.95. The predicted octanol–water partition coefficient (Wildman–Crippen LogP) is 3.04. The fourth-order valence-electron chi connectivity index (χ4n) is 1.83. The summed E-state index contributed by atoms with van der Waals surface area (Å²) < 4.78 is 5.37. The van der Waals surface area contributed by atoms with Gasteiger partial charge in [-0.3, -0.25) is 4.79 Å². The molecule has 106 valence electrons. The Morgan fingerprint density at radius 3 is 2.90 bits per heavy atom. The van der Waals surface area contributed by atoms with Crippen LogP contribution in [-0.2, 0) is 6.54 Å². The molecule has 3 aromatic rings. The summed E-state index contributed by atoms with van der Waals surface area (Å²) in [6.07, 6.45) is 1.51. The highest BCUT2D eigenvalue weighted by atomic mass is 32.1. The summed E-state index contributed by atoms with van der Waals surface area (Å²) in [5.74, 6) is 0.139. The SMILES string of the molecule is O=C(NCc1coc(-c2cccs2)n1)c1ccccc1O. The summed E-state index contributed by atoms with van der Waals surface area (Å²) in [5, 5.41) is 14.3. The summed E-state index contributed by atoms with van der Waals surface area (Å²) in [6.45, 7) is 0.238. The summed E-state index contributed by atoms with van der Waals surface area (Å²) >= 11 is 1.54. The molecule has 21 heavy (non-hydrogen) atoms. The van der Waals surface area contributed by atoms with Gasteiger partial charge in [-0.05, 0) is 23.6 Å². The topological polar surface area (TPSA) is 75.4 Å². The Kier molecular flexibility index (Phi) is 3.70. The molecular formula is C15H12N2O3S. The van der Waals surface area contributed by atoms with Crippen molar-refractivity contribution in [1.29, 1.82) is 0 Å². The van der Waals surface area contributed by atoms with Gasteiger partial charge in [-0.2, -0.15) is 0 Å². The average molecular weight is 300 g/mol. The Morgan fingerprint density at radius 2 is 2.14 bits per heavy atom. The van der Waals surface area contributed by atoms with Crippen molar-refractivity contribution in [2.45, 2.75) is 6.54 Å². The first-order valence-electron chi connectivity index (χ1n) is 6.28. The van der Waals surface area contributed by atoms with Crippen LogP contribution in [0.1, 0.15) is 16.1 Å². The van der Waals surface area contributed by atoms with Crippen molar-refractivity contribution in [3.63, 3.8) is 0 Å². The van der Waals surface area contributed by atoms with Crippen LogP contribution in [0.4, 0.5) is 0 Å². The number of benzene rings is 1. The molecule has 0 spiro atoms. The second-order valence-electron chi connectivity index (χ2n) is 4.32. The maximum atomic E-state index is 11.9. The number of hydrogen-bond donors (Lipinski definition) is 2. The molecule has 0 radical (unpaired) electrons. The van der Waals surface area contributed by atoms with E-state index in [-0.39, 0.29) is 23.8 Å². The summed E-state index contributed by atoms with van der Waals surface area (Å²) in [4.78, 5) is 17.2. The average Bonchev–Trinajstić information content (AvgIpc) is 3.16. The van der Waals surface area contributed by atoms with Gasteiger partial charge < -0.3 is 14.8 Å². The fraction of sp³-hybridized carbons (Fsp3) is 0.0667. The Hall–Kier alpha value is -2.60. The van der Waals surface area contributed by atoms with Gasteiger partial charge in [0, 0.05) is 0 Å². The van der Waals surface area contributed by atoms with Crippen molar-refractivity contribution in [3.8, 4) is 16.5 Å². The quantitative estimate of drug-likeness (QED) is 0.776. The fourth-order valence-corrected chi connectivity index (χ4v) is 2.49. The van der Waals surface area contributed by atoms with Crippen LogP contribution < -0.4 is 5.32 Å². The van der Waals surface area contributed by atoms with Crippen molar-refractivity contribution in [2.75, 3.05) is 0 Å². The molecule has 0 saturated carbocycles. The molecule has 0 aliphatic carbocycles. The van der Waals surface area contributed by atoms with E-state index in [0.29, 0.717) is 11.6 Å². The maximum Gasteiger partial charge on any atom is 0.255 e. The van der Waals surface area contributed by atoms with Gasteiger partial charge in [0.1, 0.15) is 12.0 Å². The van der Waals surface area contributed by atoms with Gasteiger partial charge in [0.05, 0.1) is 22.7 Å². The Balaban J connectivity index is 1.66. The van der Waals surface area contributed by atoms with Crippen molar-refractivity contribution >= 4 is 17.2 Å². The zero-order valence-corrected chi connectivity index (χ0v) is 11.8. The monoisotopic (exact) mass is 300 g/mol. The first-order valence-corrected chi connectivity index (χ1v) is 7.16. The number of hydrogen-bond acceptors (Lipinski definition) is 5. The molecular weight excluding hydrogens is 288 g/mol. The van der Waals surface area contributed by atoms with Crippen LogP contribution in [0, 0.1) is 0 Å². The van der Waals surface area contributed by atoms with Crippen molar-refractivity contribution < 1.29 is 14.3 Å². The first-order chi connectivity index (χ1) is 10.2. The van der Waals surface area contributed by atoms with Crippen LogP contribution in [0.25, 0.3) is 10.8 Å². The Labute approximate surface area is 124 Å². The van der Waals surface area contributed by atoms with Gasteiger partial charge in [0.2, 0.25) is 5.89 Å². The van der Waals surface area contributed by atoms with Crippen LogP contribution in [0.3, 0.4) is 0 Å². The molecule has 2 heterocycles. The molecule has 0 bridgehead atoms. The molecule has 6 heteroatoms. The zero-order chi connectivity index (χ0) is 14.7. The number of nitrogens with zero attached hydrogens (tertiary/aromatic N) is 1. The standard InChI is InChI=1S/C15H12N2O3S/c18-12-5-2-1-4-11(12)14(19)16-8-10-9-20-15(17-10)13-6-3-7-21-13/h1-7,9,18H,8H2,(H,16,19). The highest BCUT2D eigenvalue weighted by molar-refractivity contribution is 7.13. The Bertz CT molecular complexity index is 750. The second kappa shape index (κ2) is 5.80. The van der Waals surface area contributed by atoms with E-state index < -0.39 is 0 Å². The third-order valence-corrected chi connectivity index (χ3v) is 3.72. The molecule has 1 amide bonds. The van der Waals surface area contributed by atoms with Crippen LogP contribution in [-0.4, -0.2) is 16.0 Å². The lowest BCUT2D eigenvalue weighted by Crippen LogP contribution is -2.22. The molecule has 1 aromatic carbocycles. The van der Waals surface area contributed by atoms with E-state index in [9.17, 15) is 9.90 Å². The summed E-state index contributed by atoms with van der Waals surface area (Å²) in [7, 11) is 0. The van der Waals surface area contributed by atoms with E-state index in [1.54, 1.807) is 18.2 Å². The Morgan fingerprint density at radius 1 is 1.29 bits per heavy atom. The molecule has 0 aliphatic rings. The molecule has 0 aliphatic heterocycles. The van der Waals surface area contributed by atoms with Crippen LogP contribution >= 0.6 is 11.3 Å². The van der Waals surface area contributed by atoms with Crippen molar-refractivity contribution in [2.24, 2.45) is 0 Å². The van der Waals surface area contributed by atoms with E-state index >= 15 is 0 Å². The molecule has 0 atom stereocenters. The minimum Gasteiger partial charge on any atom is -0.507 e. The lowest BCUT2D eigenvalue weighted by molar-refractivity contribution is 0.0948. The van der Waals surface area contributed by atoms with Crippen LogP contribution in [0.2, 0.25) is 0 Å². The number of phenols is 1. The molecule has 2 N–H and O–H groups in total. The number of aromatic nitrogens is 1. The number of rotatable bonds is 4. The number of amides is 1. The maximum absolute atomic E-state index is 11.9. The minimum atomic E-state index is -0.353. The molecule has 0 unspecified atom stereocenters. The van der Waals surface area contributed by atoms with Gasteiger partial charge in [-0.1, -0.05) is 18.2 Å². The van der Waals surface area contributed by atoms with E-state index in [1.807, 2.05) is 17.5 Å². The van der Waals surface area contributed by atoms with Crippen molar-refractivity contribution in [3.05, 3.63) is 59.3 Å². The van der Waals surface area contributed by atoms with Gasteiger partial charge in [-0.25, -0.2) is 4.98 Å². The summed E-state index contributed by atoms with van der Waals surface area (Å²) in [6, 6.07) is 10.2. The van der Waals surface area contributed by atoms with Gasteiger partial charge >= 0.3 is 0 Å². The number of nitrogens with one attached hydrogen (secondary N) is 1. The molecule has 2 aromatic heterocycles. The molecule has 0 saturated heterocycles. The third-order valence-electron chi connectivity index (χ3n) is 2.86. The number of aromatic hydroxyl groups is 1. The van der Waals surface area contributed by atoms with E-state index in [4.69, 9.17) is 4.42 Å². The lowest BCUT2D eigenvalue weighted by Gasteiger charge is -2.04. The van der Waals surface area contributed by atoms with Crippen LogP contribution in [0.5, 0.6) is 5.75 Å². The molecule has 3 rings (SSSR count). The molecule has 5 nitrogen and oxygen atoms in total. The highest BCUT2D eigenvalue weighted by Crippen LogP contribution is 2.23. The number of thiophene rings is 1. The van der Waals surface area contributed by atoms with E-state index in [0.717, 1.165) is 4.88 Å². The zero-order valence-electron chi connectivity index (χ0n) is 10.9. The highest BCUT2D eigenvalue weighted by Gasteiger charge is 2.12. The first kappa shape index (κ1) is 13.4. The lowest BCUT2D eigenvalue weighted by atomic mass is 10.2. The number of oxazole rings is 1. The largest absolute Gasteiger partial charge is 0.507 e. The number of para-hydroxylation sites is 1. The summed E-state index contributed by atoms with van der Waals surface area (Å²) in [5.41, 5.74) is 0.863. The smallest absolute Gasteiger partial charge is 0.255 e. The number of phenolic OH excluding ortho intramolecular Hbond substituents is 1. The van der Waals surface area contributed by atoms with Gasteiger partial charge in [-0.15, -0.1) is 11.3 Å². The number of carbonyl (C=O) groups is 1. The van der Waals surface area contributed by atoms with Gasteiger partial charge in [0.25, 0.3) is 5.91 Å². The van der Waals surface area contributed by atoms with E-state index in [2.05, 4.69) is 10.3 Å². The predicted molar refractivity (Wildman–Crippen MR) is 79.1 cm³/mol. The van der Waals surface area contributed by atoms with Gasteiger partial charge in [0.15, 0.2) is 0 Å². The second-order valence-corrected chi connectivity index (χ2v) is 5.27. The minimum absolute atomic E-state index is 0.0468. The van der Waals surface area contributed by atoms with Crippen molar-refractivity contribution in [1.82, 2.24) is 10.3 Å². The molecule has 0 fully saturated rings. The van der Waals surface area contributed by atoms with Crippen LogP contribution in [0.15, 0.2) is 52.5 Å². The normalized spacial score (nSPS) is 10.5.